The third-order valence-electron chi connectivity index (χ3n) is 2.44. The monoisotopic (exact) mass is 341 g/mol. The number of amides is 1. The van der Waals surface area contributed by atoms with Crippen LogP contribution < -0.4 is 16.4 Å². The molecule has 0 bridgehead atoms. The molecule has 0 rings (SSSR count). The van der Waals surface area contributed by atoms with Gasteiger partial charge in [-0.15, -0.1) is 0 Å². The van der Waals surface area contributed by atoms with Crippen LogP contribution in [0.15, 0.2) is 0 Å². The minimum Gasteiger partial charge on any atom is -0.480 e. The summed E-state index contributed by atoms with van der Waals surface area (Å²) in [6.45, 7) is -0.662. The smallest absolute Gasteiger partial charge is 0.320 e. The van der Waals surface area contributed by atoms with Crippen molar-refractivity contribution >= 4 is 28.0 Å². The first-order valence-electron chi connectivity index (χ1n) is 6.16. The predicted molar refractivity (Wildman–Crippen MR) is 73.7 cm³/mol. The summed E-state index contributed by atoms with van der Waals surface area (Å²) in [5, 5.41) is 21.7. The van der Waals surface area contributed by atoms with Crippen molar-refractivity contribution in [3.05, 3.63) is 0 Å². The molecule has 22 heavy (non-hydrogen) atoms. The van der Waals surface area contributed by atoms with Gasteiger partial charge in [-0.3, -0.25) is 18.9 Å². The van der Waals surface area contributed by atoms with Crippen molar-refractivity contribution in [2.24, 2.45) is 5.73 Å². The van der Waals surface area contributed by atoms with E-state index in [1.165, 1.54) is 0 Å². The fourth-order valence-electron chi connectivity index (χ4n) is 1.47. The second-order valence-corrected chi connectivity index (χ2v) is 6.02. The SMILES string of the molecule is NC(CCC(=O)NC(CNCC(=O)O)CS(=O)(=O)O)C(=O)O. The highest BCUT2D eigenvalue weighted by Gasteiger charge is 2.20. The lowest BCUT2D eigenvalue weighted by Crippen LogP contribution is -2.47. The number of hydrogen-bond donors (Lipinski definition) is 6. The fourth-order valence-corrected chi connectivity index (χ4v) is 2.18. The zero-order chi connectivity index (χ0) is 17.3. The standard InChI is InChI=1S/C10H19N3O8S/c11-7(10(17)18)1-2-8(14)13-6(5-22(19,20)21)3-12-4-9(15)16/h6-7,12H,1-5,11H2,(H,13,14)(H,15,16)(H,17,18)(H,19,20,21). The third-order valence-corrected chi connectivity index (χ3v) is 3.27. The molecule has 12 heteroatoms. The van der Waals surface area contributed by atoms with Crippen molar-refractivity contribution < 1.29 is 37.6 Å². The van der Waals surface area contributed by atoms with Gasteiger partial charge in [-0.1, -0.05) is 0 Å². The topological polar surface area (TPSA) is 196 Å². The second kappa shape index (κ2) is 9.30. The second-order valence-electron chi connectivity index (χ2n) is 4.52. The van der Waals surface area contributed by atoms with Crippen LogP contribution in [-0.4, -0.2) is 72.0 Å². The van der Waals surface area contributed by atoms with Crippen LogP contribution >= 0.6 is 0 Å². The normalized spacial score (nSPS) is 14.1. The third kappa shape index (κ3) is 11.0. The van der Waals surface area contributed by atoms with E-state index < -0.39 is 52.3 Å². The molecular weight excluding hydrogens is 322 g/mol. The Morgan fingerprint density at radius 1 is 1.18 bits per heavy atom. The summed E-state index contributed by atoms with van der Waals surface area (Å²) in [4.78, 5) is 32.4. The lowest BCUT2D eigenvalue weighted by Gasteiger charge is -2.18. The number of hydrogen-bond acceptors (Lipinski definition) is 7. The molecule has 0 aromatic heterocycles. The Balaban J connectivity index is 4.45. The van der Waals surface area contributed by atoms with Gasteiger partial charge in [0.2, 0.25) is 5.91 Å². The molecule has 0 spiro atoms. The molecule has 0 aromatic carbocycles. The number of nitrogens with one attached hydrogen (secondary N) is 2. The lowest BCUT2D eigenvalue weighted by molar-refractivity contribution is -0.139. The van der Waals surface area contributed by atoms with E-state index in [9.17, 15) is 22.8 Å². The van der Waals surface area contributed by atoms with Gasteiger partial charge in [0.1, 0.15) is 6.04 Å². The maximum atomic E-state index is 11.6. The molecule has 7 N–H and O–H groups in total. The minimum atomic E-state index is -4.39. The van der Waals surface area contributed by atoms with E-state index in [2.05, 4.69) is 10.6 Å². The van der Waals surface area contributed by atoms with Crippen molar-refractivity contribution in [1.29, 1.82) is 0 Å². The van der Waals surface area contributed by atoms with Crippen molar-refractivity contribution in [3.63, 3.8) is 0 Å². The molecule has 0 aromatic rings. The summed E-state index contributed by atoms with van der Waals surface area (Å²) in [5.74, 6) is -3.92. The van der Waals surface area contributed by atoms with E-state index in [0.717, 1.165) is 0 Å². The van der Waals surface area contributed by atoms with Gasteiger partial charge >= 0.3 is 11.9 Å². The van der Waals surface area contributed by atoms with Crippen LogP contribution in [0.5, 0.6) is 0 Å². The number of carboxylic acid groups (broad SMARTS) is 2. The molecule has 128 valence electrons. The van der Waals surface area contributed by atoms with Crippen LogP contribution in [0.25, 0.3) is 0 Å². The molecule has 0 aliphatic rings. The van der Waals surface area contributed by atoms with Gasteiger partial charge in [-0.25, -0.2) is 0 Å². The number of nitrogens with two attached hydrogens (primary N) is 1. The van der Waals surface area contributed by atoms with Crippen LogP contribution in [-0.2, 0) is 24.5 Å². The first-order chi connectivity index (χ1) is 10.0. The molecule has 2 atom stereocenters. The van der Waals surface area contributed by atoms with E-state index in [4.69, 9.17) is 20.5 Å². The Morgan fingerprint density at radius 2 is 1.77 bits per heavy atom. The van der Waals surface area contributed by atoms with Gasteiger partial charge in [-0.05, 0) is 6.42 Å². The Hall–Kier alpha value is -1.76. The van der Waals surface area contributed by atoms with Gasteiger partial charge in [0.25, 0.3) is 10.1 Å². The zero-order valence-corrected chi connectivity index (χ0v) is 12.4. The summed E-state index contributed by atoms with van der Waals surface area (Å²) >= 11 is 0. The first kappa shape index (κ1) is 20.2. The van der Waals surface area contributed by atoms with Gasteiger partial charge < -0.3 is 26.6 Å². The van der Waals surface area contributed by atoms with Crippen molar-refractivity contribution in [3.8, 4) is 0 Å². The van der Waals surface area contributed by atoms with Crippen molar-refractivity contribution in [2.45, 2.75) is 24.9 Å². The molecule has 0 saturated heterocycles. The maximum Gasteiger partial charge on any atom is 0.320 e. The van der Waals surface area contributed by atoms with E-state index in [1.54, 1.807) is 0 Å². The average molecular weight is 341 g/mol. The van der Waals surface area contributed by atoms with Gasteiger partial charge in [0.15, 0.2) is 0 Å². The van der Waals surface area contributed by atoms with Gasteiger partial charge in [0, 0.05) is 13.0 Å². The van der Waals surface area contributed by atoms with Crippen LogP contribution in [0.3, 0.4) is 0 Å². The number of carbonyl (C=O) groups excluding carboxylic acids is 1. The Bertz CT molecular complexity index is 506. The first-order valence-corrected chi connectivity index (χ1v) is 7.77. The highest BCUT2D eigenvalue weighted by atomic mass is 32.2. The van der Waals surface area contributed by atoms with Gasteiger partial charge in [0.05, 0.1) is 18.3 Å². The molecule has 2 unspecified atom stereocenters. The summed E-state index contributed by atoms with van der Waals surface area (Å²) in [6.07, 6.45) is -0.406. The van der Waals surface area contributed by atoms with Gasteiger partial charge in [-0.2, -0.15) is 8.42 Å². The maximum absolute atomic E-state index is 11.6. The molecule has 0 saturated carbocycles. The predicted octanol–water partition coefficient (Wildman–Crippen LogP) is -2.77. The highest BCUT2D eigenvalue weighted by molar-refractivity contribution is 7.85. The van der Waals surface area contributed by atoms with Crippen molar-refractivity contribution in [2.75, 3.05) is 18.8 Å². The Morgan fingerprint density at radius 3 is 2.23 bits per heavy atom. The summed E-state index contributed by atoms with van der Waals surface area (Å²) in [6, 6.07) is -2.29. The zero-order valence-electron chi connectivity index (χ0n) is 11.6. The number of aliphatic carboxylic acids is 2. The highest BCUT2D eigenvalue weighted by Crippen LogP contribution is 1.97. The number of rotatable bonds is 11. The minimum absolute atomic E-state index is 0.150. The largest absolute Gasteiger partial charge is 0.480 e. The quantitative estimate of drug-likeness (QED) is 0.214. The molecule has 0 heterocycles. The molecule has 11 nitrogen and oxygen atoms in total. The summed E-state index contributed by atoms with van der Waals surface area (Å²) in [5.41, 5.74) is 5.22. The van der Waals surface area contributed by atoms with E-state index >= 15 is 0 Å². The van der Waals surface area contributed by atoms with Crippen LogP contribution in [0.2, 0.25) is 0 Å². The Kier molecular flexibility index (Phi) is 8.55. The number of carbonyl (C=O) groups is 3. The van der Waals surface area contributed by atoms with Crippen LogP contribution in [0.4, 0.5) is 0 Å². The van der Waals surface area contributed by atoms with E-state index in [0.29, 0.717) is 0 Å². The average Bonchev–Trinajstić information content (AvgIpc) is 2.33. The van der Waals surface area contributed by atoms with E-state index in [-0.39, 0.29) is 19.4 Å². The fraction of sp³-hybridized carbons (Fsp3) is 0.700. The van der Waals surface area contributed by atoms with E-state index in [1.807, 2.05) is 0 Å². The lowest BCUT2D eigenvalue weighted by atomic mass is 10.1. The molecule has 0 radical (unpaired) electrons. The molecule has 0 aliphatic heterocycles. The number of carboxylic acids is 2. The molecule has 0 fully saturated rings. The molecule has 1 amide bonds. The molecular formula is C10H19N3O8S. The Labute approximate surface area is 126 Å². The summed E-state index contributed by atoms with van der Waals surface area (Å²) in [7, 11) is -4.39. The van der Waals surface area contributed by atoms with Crippen LogP contribution in [0.1, 0.15) is 12.8 Å². The summed E-state index contributed by atoms with van der Waals surface area (Å²) < 4.78 is 30.5. The van der Waals surface area contributed by atoms with Crippen molar-refractivity contribution in [1.82, 2.24) is 10.6 Å². The van der Waals surface area contributed by atoms with Crippen LogP contribution in [0, 0.1) is 0 Å². The molecule has 0 aliphatic carbocycles.